The number of aromatic carboxylic acids is 1. The number of hydrogen-bond donors (Lipinski definition) is 3. The average molecular weight is 277 g/mol. The van der Waals surface area contributed by atoms with Gasteiger partial charge in [0.25, 0.3) is 0 Å². The molecule has 0 aliphatic rings. The fraction of sp³-hybridized carbons (Fsp3) is 0.300. The van der Waals surface area contributed by atoms with E-state index in [1.165, 1.54) is 0 Å². The van der Waals surface area contributed by atoms with Crippen LogP contribution in [0.3, 0.4) is 0 Å². The summed E-state index contributed by atoms with van der Waals surface area (Å²) in [6.45, 7) is 1.44. The third kappa shape index (κ3) is 2.86. The van der Waals surface area contributed by atoms with Crippen molar-refractivity contribution in [3.8, 4) is 0 Å². The van der Waals surface area contributed by atoms with E-state index in [2.05, 4.69) is 4.98 Å². The lowest BCUT2D eigenvalue weighted by Gasteiger charge is -2.11. The molecule has 18 heavy (non-hydrogen) atoms. The molecule has 1 aromatic rings. The molecule has 0 aliphatic heterocycles. The third-order valence-corrected chi connectivity index (χ3v) is 2.62. The van der Waals surface area contributed by atoms with E-state index in [-0.39, 0.29) is 22.8 Å². The minimum absolute atomic E-state index is 0.101. The summed E-state index contributed by atoms with van der Waals surface area (Å²) in [5.74, 6) is -2.67. The Hall–Kier alpha value is -1.89. The second-order valence-corrected chi connectivity index (χ2v) is 3.71. The Kier molecular flexibility index (Phi) is 4.43. The summed E-state index contributed by atoms with van der Waals surface area (Å²) in [4.78, 5) is 24.7. The van der Waals surface area contributed by atoms with E-state index in [9.17, 15) is 14.0 Å². The smallest absolute Gasteiger partial charge is 0.404 e. The van der Waals surface area contributed by atoms with Crippen molar-refractivity contribution in [3.63, 3.8) is 0 Å². The third-order valence-electron chi connectivity index (χ3n) is 2.22. The average Bonchev–Trinajstić information content (AvgIpc) is 2.29. The monoisotopic (exact) mass is 276 g/mol. The molecule has 6 nitrogen and oxygen atoms in total. The van der Waals surface area contributed by atoms with Gasteiger partial charge in [0.1, 0.15) is 0 Å². The van der Waals surface area contributed by atoms with Crippen LogP contribution in [0.25, 0.3) is 0 Å². The van der Waals surface area contributed by atoms with Crippen LogP contribution < -0.4 is 5.32 Å². The highest BCUT2D eigenvalue weighted by atomic mass is 35.5. The number of pyridine rings is 1. The Morgan fingerprint density at radius 1 is 1.44 bits per heavy atom. The molecule has 0 fully saturated rings. The van der Waals surface area contributed by atoms with Crippen LogP contribution in [-0.4, -0.2) is 27.3 Å². The fourth-order valence-corrected chi connectivity index (χ4v) is 1.75. The number of carbonyl (C=O) groups is 2. The zero-order chi connectivity index (χ0) is 13.9. The molecule has 8 heteroatoms. The second kappa shape index (κ2) is 5.63. The number of aromatic nitrogens is 1. The molecule has 3 N–H and O–H groups in total. The van der Waals surface area contributed by atoms with Crippen LogP contribution in [0.1, 0.15) is 28.7 Å². The maximum atomic E-state index is 13.6. The van der Waals surface area contributed by atoms with Gasteiger partial charge in [-0.15, -0.1) is 0 Å². The Balaban J connectivity index is 3.30. The van der Waals surface area contributed by atoms with Crippen molar-refractivity contribution in [2.75, 3.05) is 0 Å². The number of amides is 1. The van der Waals surface area contributed by atoms with Gasteiger partial charge in [0.2, 0.25) is 0 Å². The van der Waals surface area contributed by atoms with Crippen LogP contribution in [-0.2, 0) is 13.0 Å². The van der Waals surface area contributed by atoms with Gasteiger partial charge in [0.15, 0.2) is 11.5 Å². The Morgan fingerprint density at radius 3 is 2.50 bits per heavy atom. The van der Waals surface area contributed by atoms with E-state index in [1.54, 1.807) is 6.92 Å². The van der Waals surface area contributed by atoms with E-state index in [0.717, 1.165) is 0 Å². The van der Waals surface area contributed by atoms with Crippen molar-refractivity contribution in [2.45, 2.75) is 19.9 Å². The van der Waals surface area contributed by atoms with Gasteiger partial charge in [-0.3, -0.25) is 0 Å². The molecule has 1 rings (SSSR count). The first-order valence-electron chi connectivity index (χ1n) is 4.95. The molecule has 98 valence electrons. The predicted molar refractivity (Wildman–Crippen MR) is 60.4 cm³/mol. The number of carboxylic acids is 1. The number of carboxylic acid groups (broad SMARTS) is 2. The minimum atomic E-state index is -1.56. The molecule has 0 unspecified atom stereocenters. The summed E-state index contributed by atoms with van der Waals surface area (Å²) in [5.41, 5.74) is -0.434. The first kappa shape index (κ1) is 14.2. The molecule has 0 bridgehead atoms. The summed E-state index contributed by atoms with van der Waals surface area (Å²) >= 11 is 5.71. The number of halogens is 2. The Labute approximate surface area is 106 Å². The van der Waals surface area contributed by atoms with Crippen molar-refractivity contribution >= 4 is 23.7 Å². The van der Waals surface area contributed by atoms with Crippen LogP contribution in [0, 0.1) is 5.82 Å². The highest BCUT2D eigenvalue weighted by Crippen LogP contribution is 2.25. The summed E-state index contributed by atoms with van der Waals surface area (Å²) < 4.78 is 13.6. The maximum absolute atomic E-state index is 13.6. The van der Waals surface area contributed by atoms with E-state index in [4.69, 9.17) is 21.8 Å². The molecule has 0 saturated carbocycles. The lowest BCUT2D eigenvalue weighted by atomic mass is 10.1. The van der Waals surface area contributed by atoms with Crippen molar-refractivity contribution in [3.05, 3.63) is 27.8 Å². The summed E-state index contributed by atoms with van der Waals surface area (Å²) in [7, 11) is 0. The highest BCUT2D eigenvalue weighted by molar-refractivity contribution is 6.31. The lowest BCUT2D eigenvalue weighted by Crippen LogP contribution is -2.23. The largest absolute Gasteiger partial charge is 0.476 e. The number of rotatable bonds is 4. The first-order valence-corrected chi connectivity index (χ1v) is 5.33. The SMILES string of the molecule is CCc1c(CNC(=O)O)nc(C(=O)O)c(F)c1Cl. The molecule has 0 spiro atoms. The Morgan fingerprint density at radius 2 is 2.06 bits per heavy atom. The lowest BCUT2D eigenvalue weighted by molar-refractivity contribution is 0.0684. The molecule has 1 heterocycles. The number of hydrogen-bond acceptors (Lipinski definition) is 3. The van der Waals surface area contributed by atoms with Crippen LogP contribution in [0.4, 0.5) is 9.18 Å². The van der Waals surface area contributed by atoms with E-state index in [1.807, 2.05) is 5.32 Å². The molecule has 0 saturated heterocycles. The van der Waals surface area contributed by atoms with Gasteiger partial charge < -0.3 is 15.5 Å². The molecule has 0 radical (unpaired) electrons. The van der Waals surface area contributed by atoms with E-state index in [0.29, 0.717) is 6.42 Å². The zero-order valence-electron chi connectivity index (χ0n) is 9.33. The van der Waals surface area contributed by atoms with Crippen molar-refractivity contribution < 1.29 is 24.2 Å². The standard InChI is InChI=1S/C10H10ClFN2O4/c1-2-4-5(3-13-10(17)18)14-8(9(15)16)7(12)6(4)11/h13H,2-3H2,1H3,(H,15,16)(H,17,18). The van der Waals surface area contributed by atoms with Crippen LogP contribution in [0.15, 0.2) is 0 Å². The number of nitrogens with one attached hydrogen (secondary N) is 1. The van der Waals surface area contributed by atoms with Crippen molar-refractivity contribution in [1.29, 1.82) is 0 Å². The number of nitrogens with zero attached hydrogens (tertiary/aromatic N) is 1. The van der Waals surface area contributed by atoms with Crippen molar-refractivity contribution in [2.24, 2.45) is 0 Å². The molecular formula is C10H10ClFN2O4. The van der Waals surface area contributed by atoms with Crippen molar-refractivity contribution in [1.82, 2.24) is 10.3 Å². The molecule has 1 aromatic heterocycles. The Bertz CT molecular complexity index is 507. The van der Waals surface area contributed by atoms with E-state index >= 15 is 0 Å². The quantitative estimate of drug-likeness (QED) is 0.780. The summed E-state index contributed by atoms with van der Waals surface area (Å²) in [6.07, 6.45) is -0.990. The van der Waals surface area contributed by atoms with Gasteiger partial charge in [0, 0.05) is 0 Å². The maximum Gasteiger partial charge on any atom is 0.404 e. The van der Waals surface area contributed by atoms with Crippen LogP contribution >= 0.6 is 11.6 Å². The molecular weight excluding hydrogens is 267 g/mol. The van der Waals surface area contributed by atoms with Crippen LogP contribution in [0.2, 0.25) is 5.02 Å². The topological polar surface area (TPSA) is 99.5 Å². The normalized spacial score (nSPS) is 10.2. The highest BCUT2D eigenvalue weighted by Gasteiger charge is 2.21. The van der Waals surface area contributed by atoms with Gasteiger partial charge in [0.05, 0.1) is 17.3 Å². The van der Waals surface area contributed by atoms with Gasteiger partial charge in [-0.2, -0.15) is 0 Å². The van der Waals surface area contributed by atoms with Gasteiger partial charge in [-0.05, 0) is 12.0 Å². The molecule has 0 aromatic carbocycles. The van der Waals surface area contributed by atoms with Gasteiger partial charge >= 0.3 is 12.1 Å². The first-order chi connectivity index (χ1) is 8.38. The predicted octanol–water partition coefficient (Wildman–Crippen LogP) is 1.90. The second-order valence-electron chi connectivity index (χ2n) is 3.33. The van der Waals surface area contributed by atoms with E-state index < -0.39 is 23.6 Å². The van der Waals surface area contributed by atoms with Gasteiger partial charge in [-0.1, -0.05) is 18.5 Å². The molecule has 0 aliphatic carbocycles. The summed E-state index contributed by atoms with van der Waals surface area (Å²) in [6, 6.07) is 0. The fourth-order valence-electron chi connectivity index (χ4n) is 1.42. The van der Waals surface area contributed by atoms with Gasteiger partial charge in [-0.25, -0.2) is 19.0 Å². The zero-order valence-corrected chi connectivity index (χ0v) is 10.1. The minimum Gasteiger partial charge on any atom is -0.476 e. The molecule has 1 amide bonds. The summed E-state index contributed by atoms with van der Waals surface area (Å²) in [5, 5.41) is 18.9. The molecule has 0 atom stereocenters. The van der Waals surface area contributed by atoms with Crippen LogP contribution in [0.5, 0.6) is 0 Å².